The number of aliphatic hydroxyl groups is 1. The largest absolute Gasteiger partial charge is 0.467 e. The number of amides is 1. The number of nitrogens with zero attached hydrogens (tertiary/aromatic N) is 1. The van der Waals surface area contributed by atoms with E-state index in [4.69, 9.17) is 8.83 Å². The maximum atomic E-state index is 12.9. The quantitative estimate of drug-likeness (QED) is 0.736. The second-order valence-corrected chi connectivity index (χ2v) is 7.01. The van der Waals surface area contributed by atoms with Crippen molar-refractivity contribution in [2.24, 2.45) is 0 Å². The highest BCUT2D eigenvalue weighted by atomic mass is 32.1. The summed E-state index contributed by atoms with van der Waals surface area (Å²) in [7, 11) is 0. The number of thiophene rings is 1. The second kappa shape index (κ2) is 7.07. The molecule has 24 heavy (non-hydrogen) atoms. The van der Waals surface area contributed by atoms with Crippen LogP contribution in [0, 0.1) is 13.8 Å². The number of rotatable bonds is 6. The van der Waals surface area contributed by atoms with Gasteiger partial charge in [0.15, 0.2) is 5.76 Å². The minimum Gasteiger partial charge on any atom is -0.467 e. The molecule has 0 aliphatic heterocycles. The van der Waals surface area contributed by atoms with Crippen LogP contribution in [0.15, 0.2) is 45.4 Å². The van der Waals surface area contributed by atoms with E-state index in [2.05, 4.69) is 0 Å². The first-order valence-electron chi connectivity index (χ1n) is 7.64. The fourth-order valence-electron chi connectivity index (χ4n) is 2.53. The molecule has 0 saturated heterocycles. The number of aryl methyl sites for hydroxylation is 2. The third-order valence-corrected chi connectivity index (χ3v) is 4.66. The molecule has 0 radical (unpaired) electrons. The van der Waals surface area contributed by atoms with Crippen molar-refractivity contribution in [3.63, 3.8) is 0 Å². The van der Waals surface area contributed by atoms with Crippen molar-refractivity contribution in [1.29, 1.82) is 0 Å². The Morgan fingerprint density at radius 1 is 1.21 bits per heavy atom. The van der Waals surface area contributed by atoms with E-state index in [-0.39, 0.29) is 18.3 Å². The number of hydrogen-bond acceptors (Lipinski definition) is 5. The van der Waals surface area contributed by atoms with Gasteiger partial charge in [-0.3, -0.25) is 4.79 Å². The normalized spacial score (nSPS) is 11.0. The van der Waals surface area contributed by atoms with Gasteiger partial charge < -0.3 is 18.8 Å². The van der Waals surface area contributed by atoms with Gasteiger partial charge in [0, 0.05) is 15.3 Å². The molecule has 3 aromatic heterocycles. The zero-order valence-corrected chi connectivity index (χ0v) is 14.4. The molecule has 1 amide bonds. The molecule has 3 heterocycles. The van der Waals surface area contributed by atoms with Crippen molar-refractivity contribution in [3.8, 4) is 0 Å². The van der Waals surface area contributed by atoms with Crippen LogP contribution in [0.1, 0.15) is 37.4 Å². The molecule has 0 aromatic carbocycles. The molecule has 0 aliphatic rings. The van der Waals surface area contributed by atoms with E-state index < -0.39 is 0 Å². The van der Waals surface area contributed by atoms with Crippen LogP contribution in [0.3, 0.4) is 0 Å². The van der Waals surface area contributed by atoms with Gasteiger partial charge in [0.1, 0.15) is 18.1 Å². The second-order valence-electron chi connectivity index (χ2n) is 5.64. The standard InChI is InChI=1S/C18H19NO4S/c1-12-8-15(11-20)23-17(12)18(21)19(9-14-4-3-7-22-14)10-16-6-5-13(2)24-16/h3-8,20H,9-11H2,1-2H3. The van der Waals surface area contributed by atoms with E-state index in [1.807, 2.05) is 25.1 Å². The molecule has 0 bridgehead atoms. The number of hydrogen-bond donors (Lipinski definition) is 1. The number of aliphatic hydroxyl groups excluding tert-OH is 1. The first-order chi connectivity index (χ1) is 11.6. The van der Waals surface area contributed by atoms with Gasteiger partial charge in [-0.2, -0.15) is 0 Å². The Morgan fingerprint density at radius 2 is 2.04 bits per heavy atom. The smallest absolute Gasteiger partial charge is 0.290 e. The Balaban J connectivity index is 1.87. The molecule has 0 unspecified atom stereocenters. The monoisotopic (exact) mass is 345 g/mol. The van der Waals surface area contributed by atoms with Crippen molar-refractivity contribution in [3.05, 3.63) is 69.2 Å². The van der Waals surface area contributed by atoms with Gasteiger partial charge >= 0.3 is 0 Å². The Hall–Kier alpha value is -2.31. The highest BCUT2D eigenvalue weighted by Gasteiger charge is 2.23. The predicted molar refractivity (Wildman–Crippen MR) is 90.7 cm³/mol. The predicted octanol–water partition coefficient (Wildman–Crippen LogP) is 3.89. The summed E-state index contributed by atoms with van der Waals surface area (Å²) in [5.74, 6) is 1.15. The maximum absolute atomic E-state index is 12.9. The molecular weight excluding hydrogens is 326 g/mol. The average Bonchev–Trinajstić information content (AvgIpc) is 3.28. The van der Waals surface area contributed by atoms with Crippen molar-refractivity contribution >= 4 is 17.2 Å². The Morgan fingerprint density at radius 3 is 2.62 bits per heavy atom. The first-order valence-corrected chi connectivity index (χ1v) is 8.45. The zero-order valence-electron chi connectivity index (χ0n) is 13.6. The van der Waals surface area contributed by atoms with Gasteiger partial charge in [0.25, 0.3) is 5.91 Å². The molecule has 1 N–H and O–H groups in total. The zero-order chi connectivity index (χ0) is 17.1. The van der Waals surface area contributed by atoms with Crippen LogP contribution in [0.4, 0.5) is 0 Å². The SMILES string of the molecule is Cc1ccc(CN(Cc2ccco2)C(=O)c2oc(CO)cc2C)s1. The molecule has 6 heteroatoms. The summed E-state index contributed by atoms with van der Waals surface area (Å²) >= 11 is 1.66. The molecule has 126 valence electrons. The molecule has 3 aromatic rings. The van der Waals surface area contributed by atoms with Crippen molar-refractivity contribution in [2.45, 2.75) is 33.5 Å². The van der Waals surface area contributed by atoms with Gasteiger partial charge in [-0.25, -0.2) is 0 Å². The van der Waals surface area contributed by atoms with Gasteiger partial charge in [0.2, 0.25) is 0 Å². The maximum Gasteiger partial charge on any atom is 0.290 e. The summed E-state index contributed by atoms with van der Waals surface area (Å²) in [6, 6.07) is 9.39. The third kappa shape index (κ3) is 3.60. The van der Waals surface area contributed by atoms with Crippen LogP contribution in [0.2, 0.25) is 0 Å². The van der Waals surface area contributed by atoms with Crippen LogP contribution in [-0.4, -0.2) is 15.9 Å². The van der Waals surface area contributed by atoms with Crippen molar-refractivity contribution in [1.82, 2.24) is 4.90 Å². The van der Waals surface area contributed by atoms with E-state index in [0.29, 0.717) is 24.6 Å². The van der Waals surface area contributed by atoms with E-state index >= 15 is 0 Å². The molecule has 0 saturated carbocycles. The van der Waals surface area contributed by atoms with Crippen molar-refractivity contribution < 1.29 is 18.7 Å². The fourth-order valence-corrected chi connectivity index (χ4v) is 3.44. The summed E-state index contributed by atoms with van der Waals surface area (Å²) in [4.78, 5) is 16.9. The molecule has 0 aliphatic carbocycles. The molecule has 0 atom stereocenters. The summed E-state index contributed by atoms with van der Waals surface area (Å²) in [5.41, 5.74) is 0.718. The molecule has 5 nitrogen and oxygen atoms in total. The van der Waals surface area contributed by atoms with E-state index in [0.717, 1.165) is 10.4 Å². The summed E-state index contributed by atoms with van der Waals surface area (Å²) in [6.45, 7) is 4.45. The topological polar surface area (TPSA) is 66.8 Å². The Kier molecular flexibility index (Phi) is 4.87. The highest BCUT2D eigenvalue weighted by Crippen LogP contribution is 2.23. The lowest BCUT2D eigenvalue weighted by molar-refractivity contribution is 0.0681. The van der Waals surface area contributed by atoms with E-state index in [1.54, 1.807) is 41.6 Å². The molecule has 0 spiro atoms. The lowest BCUT2D eigenvalue weighted by Gasteiger charge is -2.20. The van der Waals surface area contributed by atoms with Crippen LogP contribution in [0.25, 0.3) is 0 Å². The highest BCUT2D eigenvalue weighted by molar-refractivity contribution is 7.11. The number of carbonyl (C=O) groups is 1. The van der Waals surface area contributed by atoms with Gasteiger partial charge in [-0.15, -0.1) is 11.3 Å². The van der Waals surface area contributed by atoms with Gasteiger partial charge in [0.05, 0.1) is 19.4 Å². The van der Waals surface area contributed by atoms with Crippen LogP contribution < -0.4 is 0 Å². The van der Waals surface area contributed by atoms with Gasteiger partial charge in [-0.1, -0.05) is 0 Å². The molecular formula is C18H19NO4S. The molecule has 0 fully saturated rings. The van der Waals surface area contributed by atoms with Crippen LogP contribution >= 0.6 is 11.3 Å². The van der Waals surface area contributed by atoms with Crippen molar-refractivity contribution in [2.75, 3.05) is 0 Å². The van der Waals surface area contributed by atoms with E-state index in [9.17, 15) is 9.90 Å². The minimum atomic E-state index is -0.226. The fraction of sp³-hybridized carbons (Fsp3) is 0.278. The van der Waals surface area contributed by atoms with E-state index in [1.165, 1.54) is 4.88 Å². The first kappa shape index (κ1) is 16.5. The lowest BCUT2D eigenvalue weighted by Crippen LogP contribution is -2.29. The third-order valence-electron chi connectivity index (χ3n) is 3.68. The number of carbonyl (C=O) groups excluding carboxylic acids is 1. The minimum absolute atomic E-state index is 0.213. The molecule has 3 rings (SSSR count). The summed E-state index contributed by atoms with van der Waals surface area (Å²) < 4.78 is 10.9. The van der Waals surface area contributed by atoms with Gasteiger partial charge in [-0.05, 0) is 44.2 Å². The lowest BCUT2D eigenvalue weighted by atomic mass is 10.2. The Labute approximate surface area is 144 Å². The van der Waals surface area contributed by atoms with Crippen LogP contribution in [-0.2, 0) is 19.7 Å². The number of furan rings is 2. The Bertz CT molecular complexity index is 816. The summed E-state index contributed by atoms with van der Waals surface area (Å²) in [6.07, 6.45) is 1.59. The summed E-state index contributed by atoms with van der Waals surface area (Å²) in [5, 5.41) is 9.21. The van der Waals surface area contributed by atoms with Crippen LogP contribution in [0.5, 0.6) is 0 Å². The average molecular weight is 345 g/mol.